The van der Waals surface area contributed by atoms with E-state index in [0.29, 0.717) is 6.04 Å². The Bertz CT molecular complexity index is 351. The third kappa shape index (κ3) is 3.82. The van der Waals surface area contributed by atoms with Gasteiger partial charge in [0.1, 0.15) is 0 Å². The van der Waals surface area contributed by atoms with Crippen LogP contribution in [0.25, 0.3) is 0 Å². The van der Waals surface area contributed by atoms with Crippen molar-refractivity contribution in [1.82, 2.24) is 15.4 Å². The molecule has 4 nitrogen and oxygen atoms in total. The highest BCUT2D eigenvalue weighted by Gasteiger charge is 2.19. The van der Waals surface area contributed by atoms with Crippen molar-refractivity contribution in [2.45, 2.75) is 58.7 Å². The minimum atomic E-state index is 0.672. The van der Waals surface area contributed by atoms with Crippen LogP contribution in [0.15, 0.2) is 10.6 Å². The summed E-state index contributed by atoms with van der Waals surface area (Å²) in [6.07, 6.45) is 5.12. The van der Waals surface area contributed by atoms with Crippen molar-refractivity contribution in [2.75, 3.05) is 13.1 Å². The van der Waals surface area contributed by atoms with Crippen LogP contribution >= 0.6 is 0 Å². The van der Waals surface area contributed by atoms with Crippen molar-refractivity contribution in [1.29, 1.82) is 0 Å². The van der Waals surface area contributed by atoms with E-state index in [-0.39, 0.29) is 0 Å². The van der Waals surface area contributed by atoms with Crippen LogP contribution in [-0.2, 0) is 13.1 Å². The van der Waals surface area contributed by atoms with Crippen molar-refractivity contribution in [2.24, 2.45) is 0 Å². The number of likely N-dealkylation sites (tertiary alicyclic amines) is 1. The number of piperidine rings is 1. The van der Waals surface area contributed by atoms with Gasteiger partial charge in [-0.1, -0.05) is 18.5 Å². The van der Waals surface area contributed by atoms with Crippen molar-refractivity contribution >= 4 is 0 Å². The minimum absolute atomic E-state index is 0.672. The molecule has 1 aromatic rings. The highest BCUT2D eigenvalue weighted by molar-refractivity contribution is 5.05. The standard InChI is InChI=1S/C14H25N3O/c1-3-7-15-10-13-9-14(18-16-13)11-17-8-5-4-6-12(17)2/h9,12,15H,3-8,10-11H2,1-2H3. The van der Waals surface area contributed by atoms with Crippen molar-refractivity contribution in [3.8, 4) is 0 Å². The van der Waals surface area contributed by atoms with Gasteiger partial charge in [0, 0.05) is 18.7 Å². The van der Waals surface area contributed by atoms with Gasteiger partial charge in [-0.2, -0.15) is 0 Å². The smallest absolute Gasteiger partial charge is 0.151 e. The molecule has 0 aliphatic carbocycles. The predicted octanol–water partition coefficient (Wildman–Crippen LogP) is 2.55. The molecular weight excluding hydrogens is 226 g/mol. The SMILES string of the molecule is CCCNCc1cc(CN2CCCCC2C)on1. The topological polar surface area (TPSA) is 41.3 Å². The molecule has 1 aliphatic heterocycles. The van der Waals surface area contributed by atoms with Gasteiger partial charge in [0.2, 0.25) is 0 Å². The molecule has 1 fully saturated rings. The molecule has 0 radical (unpaired) electrons. The predicted molar refractivity (Wildman–Crippen MR) is 72.2 cm³/mol. The molecule has 0 aromatic carbocycles. The third-order valence-corrected chi connectivity index (χ3v) is 3.64. The highest BCUT2D eigenvalue weighted by Crippen LogP contribution is 2.19. The molecule has 18 heavy (non-hydrogen) atoms. The molecule has 1 unspecified atom stereocenters. The fourth-order valence-corrected chi connectivity index (χ4v) is 2.50. The molecule has 1 aromatic heterocycles. The second-order valence-electron chi connectivity index (χ2n) is 5.28. The molecule has 1 N–H and O–H groups in total. The average Bonchev–Trinajstić information content (AvgIpc) is 2.80. The summed E-state index contributed by atoms with van der Waals surface area (Å²) in [5.74, 6) is 0.997. The normalized spacial score (nSPS) is 21.3. The number of hydrogen-bond donors (Lipinski definition) is 1. The summed E-state index contributed by atoms with van der Waals surface area (Å²) in [4.78, 5) is 2.49. The minimum Gasteiger partial charge on any atom is -0.360 e. The molecule has 2 heterocycles. The Kier molecular flexibility index (Phi) is 5.20. The number of nitrogens with zero attached hydrogens (tertiary/aromatic N) is 2. The third-order valence-electron chi connectivity index (χ3n) is 3.64. The van der Waals surface area contributed by atoms with Crippen molar-refractivity contribution in [3.05, 3.63) is 17.5 Å². The van der Waals surface area contributed by atoms with E-state index < -0.39 is 0 Å². The van der Waals surface area contributed by atoms with Crippen LogP contribution in [0.5, 0.6) is 0 Å². The first-order valence-corrected chi connectivity index (χ1v) is 7.19. The Hall–Kier alpha value is -0.870. The maximum Gasteiger partial charge on any atom is 0.151 e. The van der Waals surface area contributed by atoms with Crippen LogP contribution < -0.4 is 5.32 Å². The lowest BCUT2D eigenvalue weighted by molar-refractivity contribution is 0.137. The molecular formula is C14H25N3O. The Morgan fingerprint density at radius 3 is 3.17 bits per heavy atom. The number of aromatic nitrogens is 1. The van der Waals surface area contributed by atoms with Crippen LogP contribution in [0.3, 0.4) is 0 Å². The Morgan fingerprint density at radius 2 is 2.39 bits per heavy atom. The summed E-state index contributed by atoms with van der Waals surface area (Å²) in [6.45, 7) is 8.41. The molecule has 0 spiro atoms. The molecule has 1 saturated heterocycles. The summed E-state index contributed by atoms with van der Waals surface area (Å²) >= 11 is 0. The van der Waals surface area contributed by atoms with Crippen molar-refractivity contribution in [3.63, 3.8) is 0 Å². The first-order valence-electron chi connectivity index (χ1n) is 7.19. The Balaban J connectivity index is 1.82. The van der Waals surface area contributed by atoms with E-state index in [9.17, 15) is 0 Å². The van der Waals surface area contributed by atoms with Crippen LogP contribution in [0.4, 0.5) is 0 Å². The lowest BCUT2D eigenvalue weighted by Crippen LogP contribution is -2.36. The molecule has 0 bridgehead atoms. The lowest BCUT2D eigenvalue weighted by atomic mass is 10.0. The molecule has 0 saturated carbocycles. The van der Waals surface area contributed by atoms with Gasteiger partial charge in [0.15, 0.2) is 5.76 Å². The van der Waals surface area contributed by atoms with Gasteiger partial charge in [-0.15, -0.1) is 0 Å². The van der Waals surface area contributed by atoms with Crippen molar-refractivity contribution < 1.29 is 4.52 Å². The van der Waals surface area contributed by atoms with E-state index >= 15 is 0 Å². The second kappa shape index (κ2) is 6.90. The highest BCUT2D eigenvalue weighted by atomic mass is 16.5. The van der Waals surface area contributed by atoms with Gasteiger partial charge in [-0.05, 0) is 39.3 Å². The first-order chi connectivity index (χ1) is 8.79. The molecule has 1 aliphatic rings. The van der Waals surface area contributed by atoms with Gasteiger partial charge >= 0.3 is 0 Å². The monoisotopic (exact) mass is 251 g/mol. The van der Waals surface area contributed by atoms with Crippen LogP contribution in [0, 0.1) is 0 Å². The maximum absolute atomic E-state index is 5.41. The summed E-state index contributed by atoms with van der Waals surface area (Å²) in [5, 5.41) is 7.46. The van der Waals surface area contributed by atoms with Gasteiger partial charge in [-0.3, -0.25) is 4.90 Å². The fraction of sp³-hybridized carbons (Fsp3) is 0.786. The van der Waals surface area contributed by atoms with Crippen LogP contribution in [0.2, 0.25) is 0 Å². The van der Waals surface area contributed by atoms with Crippen LogP contribution in [0.1, 0.15) is 51.0 Å². The van der Waals surface area contributed by atoms with Gasteiger partial charge in [-0.25, -0.2) is 0 Å². The molecule has 4 heteroatoms. The first kappa shape index (κ1) is 13.6. The Morgan fingerprint density at radius 1 is 1.50 bits per heavy atom. The number of hydrogen-bond acceptors (Lipinski definition) is 4. The second-order valence-corrected chi connectivity index (χ2v) is 5.28. The van der Waals surface area contributed by atoms with E-state index in [4.69, 9.17) is 4.52 Å². The maximum atomic E-state index is 5.41. The van der Waals surface area contributed by atoms with Gasteiger partial charge in [0.05, 0.1) is 12.2 Å². The Labute approximate surface area is 110 Å². The number of nitrogens with one attached hydrogen (secondary N) is 1. The van der Waals surface area contributed by atoms with E-state index in [1.54, 1.807) is 0 Å². The van der Waals surface area contributed by atoms with E-state index in [0.717, 1.165) is 37.5 Å². The zero-order valence-electron chi connectivity index (χ0n) is 11.6. The van der Waals surface area contributed by atoms with E-state index in [1.165, 1.54) is 25.8 Å². The average molecular weight is 251 g/mol. The fourth-order valence-electron chi connectivity index (χ4n) is 2.50. The zero-order chi connectivity index (χ0) is 12.8. The molecule has 102 valence electrons. The largest absolute Gasteiger partial charge is 0.360 e. The number of rotatable bonds is 6. The molecule has 0 amide bonds. The molecule has 2 rings (SSSR count). The van der Waals surface area contributed by atoms with Gasteiger partial charge in [0.25, 0.3) is 0 Å². The summed E-state index contributed by atoms with van der Waals surface area (Å²) < 4.78 is 5.41. The summed E-state index contributed by atoms with van der Waals surface area (Å²) in [5.41, 5.74) is 1.02. The van der Waals surface area contributed by atoms with E-state index in [1.807, 2.05) is 0 Å². The van der Waals surface area contributed by atoms with Crippen LogP contribution in [-0.4, -0.2) is 29.2 Å². The molecule has 1 atom stereocenters. The zero-order valence-corrected chi connectivity index (χ0v) is 11.6. The summed E-state index contributed by atoms with van der Waals surface area (Å²) in [7, 11) is 0. The lowest BCUT2D eigenvalue weighted by Gasteiger charge is -2.32. The summed E-state index contributed by atoms with van der Waals surface area (Å²) in [6, 6.07) is 2.76. The van der Waals surface area contributed by atoms with Gasteiger partial charge < -0.3 is 9.84 Å². The quantitative estimate of drug-likeness (QED) is 0.789. The van der Waals surface area contributed by atoms with E-state index in [2.05, 4.69) is 35.3 Å².